The largest absolute Gasteiger partial charge is 0.481 e. The molecule has 0 aliphatic rings. The van der Waals surface area contributed by atoms with Crippen molar-refractivity contribution in [3.63, 3.8) is 0 Å². The van der Waals surface area contributed by atoms with Crippen LogP contribution in [0.5, 0.6) is 5.88 Å². The highest BCUT2D eigenvalue weighted by molar-refractivity contribution is 6.16. The summed E-state index contributed by atoms with van der Waals surface area (Å²) in [6, 6.07) is 3.76. The van der Waals surface area contributed by atoms with E-state index in [9.17, 15) is 0 Å². The van der Waals surface area contributed by atoms with Crippen molar-refractivity contribution in [3.05, 3.63) is 18.0 Å². The number of methoxy groups -OCH3 is 1. The average Bonchev–Trinajstić information content (AvgIpc) is 2.80. The molecule has 0 bridgehead atoms. The van der Waals surface area contributed by atoms with Gasteiger partial charge in [0.2, 0.25) is 5.88 Å². The molecule has 2 aromatic rings. The number of ether oxygens (including phenoxy) is 1. The van der Waals surface area contributed by atoms with Gasteiger partial charge in [-0.05, 0) is 18.4 Å². The van der Waals surface area contributed by atoms with Crippen LogP contribution in [0.15, 0.2) is 12.1 Å². The summed E-state index contributed by atoms with van der Waals surface area (Å²) in [4.78, 5) is 9.03. The smallest absolute Gasteiger partial charge is 0.215 e. The number of fused-ring (bicyclic) bond motifs is 1. The molecule has 0 aliphatic heterocycles. The van der Waals surface area contributed by atoms with Crippen LogP contribution in [0.25, 0.3) is 11.2 Å². The van der Waals surface area contributed by atoms with Crippen molar-refractivity contribution in [1.82, 2.24) is 14.5 Å². The highest BCUT2D eigenvalue weighted by Gasteiger charge is 2.12. The molecule has 0 aliphatic carbocycles. The summed E-state index contributed by atoms with van der Waals surface area (Å²) in [5.74, 6) is 2.65. The average molecular weight is 296 g/mol. The summed E-state index contributed by atoms with van der Waals surface area (Å²) >= 11 is 6.00. The second-order valence-electron chi connectivity index (χ2n) is 5.40. The maximum absolute atomic E-state index is 6.00. The van der Waals surface area contributed by atoms with Crippen molar-refractivity contribution in [2.75, 3.05) is 7.11 Å². The molecule has 2 aromatic heterocycles. The second-order valence-corrected chi connectivity index (χ2v) is 5.67. The van der Waals surface area contributed by atoms with Crippen molar-refractivity contribution >= 4 is 22.8 Å². The molecule has 0 aromatic carbocycles. The molecule has 0 radical (unpaired) electrons. The summed E-state index contributed by atoms with van der Waals surface area (Å²) < 4.78 is 7.31. The molecule has 2 heterocycles. The monoisotopic (exact) mass is 295 g/mol. The fraction of sp³-hybridized carbons (Fsp3) is 0.600. The lowest BCUT2D eigenvalue weighted by Gasteiger charge is -2.08. The lowest BCUT2D eigenvalue weighted by molar-refractivity contribution is 0.398. The van der Waals surface area contributed by atoms with E-state index in [0.717, 1.165) is 35.9 Å². The van der Waals surface area contributed by atoms with Gasteiger partial charge in [0, 0.05) is 12.6 Å². The summed E-state index contributed by atoms with van der Waals surface area (Å²) in [5.41, 5.74) is 1.75. The number of halogens is 1. The van der Waals surface area contributed by atoms with E-state index in [1.807, 2.05) is 12.1 Å². The quantitative estimate of drug-likeness (QED) is 0.572. The fourth-order valence-corrected chi connectivity index (χ4v) is 2.51. The van der Waals surface area contributed by atoms with Gasteiger partial charge in [-0.3, -0.25) is 0 Å². The van der Waals surface area contributed by atoms with Gasteiger partial charge in [-0.2, -0.15) is 4.98 Å². The van der Waals surface area contributed by atoms with E-state index < -0.39 is 0 Å². The van der Waals surface area contributed by atoms with Crippen LogP contribution in [0.4, 0.5) is 0 Å². The molecule has 110 valence electrons. The van der Waals surface area contributed by atoms with Crippen LogP contribution in [0.3, 0.4) is 0 Å². The standard InChI is InChI=1S/C15H22ClN3O/c1-11(2)6-4-5-9-19-13(10-16)17-12-7-8-14(20-3)18-15(12)19/h7-8,11H,4-6,9-10H2,1-3H3. The van der Waals surface area contributed by atoms with E-state index in [1.54, 1.807) is 7.11 Å². The highest BCUT2D eigenvalue weighted by Crippen LogP contribution is 2.20. The van der Waals surface area contributed by atoms with Crippen LogP contribution in [0.1, 0.15) is 38.9 Å². The number of pyridine rings is 1. The van der Waals surface area contributed by atoms with Crippen molar-refractivity contribution in [1.29, 1.82) is 0 Å². The Morgan fingerprint density at radius 3 is 2.70 bits per heavy atom. The third-order valence-electron chi connectivity index (χ3n) is 3.39. The van der Waals surface area contributed by atoms with E-state index in [0.29, 0.717) is 11.8 Å². The van der Waals surface area contributed by atoms with Gasteiger partial charge in [0.25, 0.3) is 0 Å². The van der Waals surface area contributed by atoms with Gasteiger partial charge in [-0.1, -0.05) is 26.7 Å². The van der Waals surface area contributed by atoms with Crippen LogP contribution >= 0.6 is 11.6 Å². The first-order valence-electron chi connectivity index (χ1n) is 7.11. The number of imidazole rings is 1. The Morgan fingerprint density at radius 1 is 1.25 bits per heavy atom. The zero-order valence-corrected chi connectivity index (χ0v) is 13.2. The molecule has 0 saturated heterocycles. The van der Waals surface area contributed by atoms with Crippen LogP contribution in [-0.2, 0) is 12.4 Å². The topological polar surface area (TPSA) is 39.9 Å². The van der Waals surface area contributed by atoms with E-state index in [1.165, 1.54) is 12.8 Å². The van der Waals surface area contributed by atoms with Gasteiger partial charge in [-0.15, -0.1) is 11.6 Å². The first-order valence-corrected chi connectivity index (χ1v) is 7.65. The number of hydrogen-bond donors (Lipinski definition) is 0. The minimum atomic E-state index is 0.406. The van der Waals surface area contributed by atoms with Gasteiger partial charge in [-0.25, -0.2) is 4.98 Å². The van der Waals surface area contributed by atoms with Crippen molar-refractivity contribution in [2.24, 2.45) is 5.92 Å². The zero-order chi connectivity index (χ0) is 14.5. The van der Waals surface area contributed by atoms with Crippen molar-refractivity contribution < 1.29 is 4.74 Å². The SMILES string of the molecule is COc1ccc2nc(CCl)n(CCCCC(C)C)c2n1. The molecule has 20 heavy (non-hydrogen) atoms. The number of hydrogen-bond acceptors (Lipinski definition) is 3. The van der Waals surface area contributed by atoms with Crippen LogP contribution in [-0.4, -0.2) is 21.6 Å². The molecule has 0 unspecified atom stereocenters. The van der Waals surface area contributed by atoms with E-state index in [4.69, 9.17) is 16.3 Å². The molecular formula is C15H22ClN3O. The number of aromatic nitrogens is 3. The Kier molecular flexibility index (Phi) is 5.24. The minimum absolute atomic E-state index is 0.406. The van der Waals surface area contributed by atoms with E-state index in [2.05, 4.69) is 28.4 Å². The van der Waals surface area contributed by atoms with Crippen molar-refractivity contribution in [2.45, 2.75) is 45.5 Å². The van der Waals surface area contributed by atoms with Crippen molar-refractivity contribution in [3.8, 4) is 5.88 Å². The Balaban J connectivity index is 2.20. The Hall–Kier alpha value is -1.29. The Morgan fingerprint density at radius 2 is 2.05 bits per heavy atom. The summed E-state index contributed by atoms with van der Waals surface area (Å²) in [6.45, 7) is 5.41. The predicted octanol–water partition coefficient (Wildman–Crippen LogP) is 4.01. The molecule has 0 spiro atoms. The number of alkyl halides is 1. The number of unbranched alkanes of at least 4 members (excludes halogenated alkanes) is 1. The lowest BCUT2D eigenvalue weighted by atomic mass is 10.1. The van der Waals surface area contributed by atoms with Gasteiger partial charge in [0.05, 0.1) is 13.0 Å². The first-order chi connectivity index (χ1) is 9.65. The number of aryl methyl sites for hydroxylation is 1. The van der Waals surface area contributed by atoms with Gasteiger partial charge >= 0.3 is 0 Å². The Labute approximate surface area is 125 Å². The second kappa shape index (κ2) is 6.93. The minimum Gasteiger partial charge on any atom is -0.481 e. The first kappa shape index (κ1) is 15.1. The zero-order valence-electron chi connectivity index (χ0n) is 12.4. The fourth-order valence-electron chi connectivity index (χ4n) is 2.30. The summed E-state index contributed by atoms with van der Waals surface area (Å²) in [5, 5.41) is 0. The van der Waals surface area contributed by atoms with E-state index in [-0.39, 0.29) is 0 Å². The number of rotatable bonds is 7. The molecule has 5 heteroatoms. The van der Waals surface area contributed by atoms with Crippen LogP contribution in [0, 0.1) is 5.92 Å². The third-order valence-corrected chi connectivity index (χ3v) is 3.63. The molecule has 2 rings (SSSR count). The van der Waals surface area contributed by atoms with Gasteiger partial charge < -0.3 is 9.30 Å². The number of nitrogens with zero attached hydrogens (tertiary/aromatic N) is 3. The molecule has 0 N–H and O–H groups in total. The maximum atomic E-state index is 6.00. The predicted molar refractivity (Wildman–Crippen MR) is 82.3 cm³/mol. The third kappa shape index (κ3) is 3.42. The molecule has 0 saturated carbocycles. The van der Waals surface area contributed by atoms with Gasteiger partial charge in [0.1, 0.15) is 11.3 Å². The molecule has 4 nitrogen and oxygen atoms in total. The lowest BCUT2D eigenvalue weighted by Crippen LogP contribution is -2.04. The molecular weight excluding hydrogens is 274 g/mol. The maximum Gasteiger partial charge on any atom is 0.215 e. The molecule has 0 atom stereocenters. The summed E-state index contributed by atoms with van der Waals surface area (Å²) in [7, 11) is 1.62. The van der Waals surface area contributed by atoms with Crippen LogP contribution in [0.2, 0.25) is 0 Å². The Bertz CT molecular complexity index is 565. The normalized spacial score (nSPS) is 11.4. The molecule has 0 fully saturated rings. The highest BCUT2D eigenvalue weighted by atomic mass is 35.5. The summed E-state index contributed by atoms with van der Waals surface area (Å²) in [6.07, 6.45) is 3.58. The molecule has 0 amide bonds. The van der Waals surface area contributed by atoms with Gasteiger partial charge in [0.15, 0.2) is 5.65 Å². The van der Waals surface area contributed by atoms with Crippen LogP contribution < -0.4 is 4.74 Å². The van der Waals surface area contributed by atoms with E-state index >= 15 is 0 Å².